The van der Waals surface area contributed by atoms with E-state index in [0.717, 1.165) is 15.9 Å². The van der Waals surface area contributed by atoms with E-state index in [1.54, 1.807) is 18.0 Å². The first kappa shape index (κ1) is 18.0. The molecule has 0 saturated heterocycles. The number of amides is 2. The van der Waals surface area contributed by atoms with Gasteiger partial charge >= 0.3 is 0 Å². The van der Waals surface area contributed by atoms with Crippen molar-refractivity contribution in [1.29, 1.82) is 0 Å². The summed E-state index contributed by atoms with van der Waals surface area (Å²) in [5.41, 5.74) is 1.68. The molecule has 2 amide bonds. The van der Waals surface area contributed by atoms with Gasteiger partial charge in [0.2, 0.25) is 11.8 Å². The lowest BCUT2D eigenvalue weighted by Crippen LogP contribution is -2.36. The molecule has 1 aromatic carbocycles. The molecule has 3 rings (SSSR count). The van der Waals surface area contributed by atoms with E-state index in [4.69, 9.17) is 0 Å². The standard InChI is InChI=1S/C18H19N5O2S/c1-12-6-5-9-15(19-12)21-16(24)10-23(2)11-17(25)22-18-20-13-7-3-4-8-14(13)26-18/h3-9H,10-11H2,1-2H3,(H,19,21,24)(H,20,22,25). The van der Waals surface area contributed by atoms with Gasteiger partial charge < -0.3 is 10.6 Å². The molecule has 0 atom stereocenters. The Morgan fingerprint density at radius 3 is 2.46 bits per heavy atom. The highest BCUT2D eigenvalue weighted by atomic mass is 32.1. The third kappa shape index (κ3) is 4.84. The average Bonchev–Trinajstić information content (AvgIpc) is 2.96. The van der Waals surface area contributed by atoms with Crippen molar-refractivity contribution >= 4 is 44.3 Å². The van der Waals surface area contributed by atoms with Crippen molar-refractivity contribution in [3.8, 4) is 0 Å². The van der Waals surface area contributed by atoms with Crippen LogP contribution in [0.4, 0.5) is 10.9 Å². The van der Waals surface area contributed by atoms with Crippen molar-refractivity contribution in [1.82, 2.24) is 14.9 Å². The summed E-state index contributed by atoms with van der Waals surface area (Å²) in [6, 6.07) is 13.1. The molecule has 0 bridgehead atoms. The molecule has 7 nitrogen and oxygen atoms in total. The summed E-state index contributed by atoms with van der Waals surface area (Å²) in [4.78, 5) is 34.4. The number of hydrogen-bond acceptors (Lipinski definition) is 6. The number of likely N-dealkylation sites (N-methyl/N-ethyl adjacent to an activating group) is 1. The quantitative estimate of drug-likeness (QED) is 0.697. The summed E-state index contributed by atoms with van der Waals surface area (Å²) in [5, 5.41) is 6.05. The maximum Gasteiger partial charge on any atom is 0.240 e. The van der Waals surface area contributed by atoms with E-state index in [1.807, 2.05) is 43.3 Å². The van der Waals surface area contributed by atoms with Crippen molar-refractivity contribution in [3.05, 3.63) is 48.2 Å². The van der Waals surface area contributed by atoms with Gasteiger partial charge in [0.1, 0.15) is 5.82 Å². The van der Waals surface area contributed by atoms with Crippen LogP contribution in [0.3, 0.4) is 0 Å². The third-order valence-electron chi connectivity index (χ3n) is 3.52. The highest BCUT2D eigenvalue weighted by molar-refractivity contribution is 7.22. The number of pyridine rings is 1. The van der Waals surface area contributed by atoms with E-state index in [1.165, 1.54) is 11.3 Å². The maximum absolute atomic E-state index is 12.2. The predicted octanol–water partition coefficient (Wildman–Crippen LogP) is 2.51. The Labute approximate surface area is 155 Å². The van der Waals surface area contributed by atoms with Gasteiger partial charge in [0.15, 0.2) is 5.13 Å². The number of benzene rings is 1. The topological polar surface area (TPSA) is 87.2 Å². The molecular weight excluding hydrogens is 350 g/mol. The van der Waals surface area contributed by atoms with Crippen LogP contribution in [0.2, 0.25) is 0 Å². The molecule has 0 saturated carbocycles. The number of nitrogens with one attached hydrogen (secondary N) is 2. The van der Waals surface area contributed by atoms with Crippen molar-refractivity contribution in [2.75, 3.05) is 30.8 Å². The SMILES string of the molecule is Cc1cccc(NC(=O)CN(C)CC(=O)Nc2nc3ccccc3s2)n1. The van der Waals surface area contributed by atoms with Gasteiger partial charge in [0.05, 0.1) is 23.3 Å². The van der Waals surface area contributed by atoms with Gasteiger partial charge in [-0.05, 0) is 38.2 Å². The van der Waals surface area contributed by atoms with Crippen LogP contribution in [-0.2, 0) is 9.59 Å². The molecule has 134 valence electrons. The molecule has 2 N–H and O–H groups in total. The molecule has 0 spiro atoms. The molecule has 8 heteroatoms. The Morgan fingerprint density at radius 1 is 1.00 bits per heavy atom. The van der Waals surface area contributed by atoms with Gasteiger partial charge in [-0.3, -0.25) is 14.5 Å². The van der Waals surface area contributed by atoms with E-state index in [2.05, 4.69) is 20.6 Å². The van der Waals surface area contributed by atoms with Crippen molar-refractivity contribution in [2.45, 2.75) is 6.92 Å². The highest BCUT2D eigenvalue weighted by Crippen LogP contribution is 2.25. The summed E-state index contributed by atoms with van der Waals surface area (Å²) in [7, 11) is 1.71. The van der Waals surface area contributed by atoms with Crippen molar-refractivity contribution in [3.63, 3.8) is 0 Å². The molecular formula is C18H19N5O2S. The summed E-state index contributed by atoms with van der Waals surface area (Å²) in [6.45, 7) is 2.03. The van der Waals surface area contributed by atoms with E-state index in [0.29, 0.717) is 10.9 Å². The fraction of sp³-hybridized carbons (Fsp3) is 0.222. The van der Waals surface area contributed by atoms with Gasteiger partial charge in [-0.25, -0.2) is 9.97 Å². The fourth-order valence-corrected chi connectivity index (χ4v) is 3.31. The summed E-state index contributed by atoms with van der Waals surface area (Å²) >= 11 is 1.42. The predicted molar refractivity (Wildman–Crippen MR) is 103 cm³/mol. The molecule has 0 aliphatic rings. The normalized spacial score (nSPS) is 10.9. The van der Waals surface area contributed by atoms with Gasteiger partial charge in [-0.1, -0.05) is 29.5 Å². The van der Waals surface area contributed by atoms with Crippen LogP contribution in [0.15, 0.2) is 42.5 Å². The lowest BCUT2D eigenvalue weighted by atomic mass is 10.3. The second-order valence-corrected chi connectivity index (χ2v) is 6.95. The fourth-order valence-electron chi connectivity index (χ4n) is 2.43. The average molecular weight is 369 g/mol. The van der Waals surface area contributed by atoms with E-state index >= 15 is 0 Å². The largest absolute Gasteiger partial charge is 0.310 e. The molecule has 3 aromatic rings. The number of para-hydroxylation sites is 1. The number of anilines is 2. The molecule has 0 radical (unpaired) electrons. The number of fused-ring (bicyclic) bond motifs is 1. The zero-order valence-electron chi connectivity index (χ0n) is 14.5. The number of aromatic nitrogens is 2. The van der Waals surface area contributed by atoms with E-state index in [-0.39, 0.29) is 24.9 Å². The van der Waals surface area contributed by atoms with Crippen molar-refractivity contribution < 1.29 is 9.59 Å². The number of thiazole rings is 1. The van der Waals surface area contributed by atoms with Crippen molar-refractivity contribution in [2.24, 2.45) is 0 Å². The first-order chi connectivity index (χ1) is 12.5. The van der Waals surface area contributed by atoms with E-state index in [9.17, 15) is 9.59 Å². The Balaban J connectivity index is 1.49. The molecule has 2 aromatic heterocycles. The number of hydrogen-bond donors (Lipinski definition) is 2. The minimum atomic E-state index is -0.224. The van der Waals surface area contributed by atoms with Crippen LogP contribution < -0.4 is 10.6 Å². The van der Waals surface area contributed by atoms with Gasteiger partial charge in [0, 0.05) is 5.69 Å². The summed E-state index contributed by atoms with van der Waals surface area (Å²) < 4.78 is 1.01. The second kappa shape index (κ2) is 8.03. The monoisotopic (exact) mass is 369 g/mol. The molecule has 0 aliphatic heterocycles. The number of aryl methyl sites for hydroxylation is 1. The lowest BCUT2D eigenvalue weighted by Gasteiger charge is -2.15. The Bertz CT molecular complexity index is 907. The Kier molecular flexibility index (Phi) is 5.55. The number of carbonyl (C=O) groups is 2. The Morgan fingerprint density at radius 2 is 1.73 bits per heavy atom. The smallest absolute Gasteiger partial charge is 0.240 e. The molecule has 0 aliphatic carbocycles. The van der Waals surface area contributed by atoms with Crippen LogP contribution in [-0.4, -0.2) is 46.8 Å². The van der Waals surface area contributed by atoms with Crippen LogP contribution in [0.5, 0.6) is 0 Å². The van der Waals surface area contributed by atoms with E-state index < -0.39 is 0 Å². The third-order valence-corrected chi connectivity index (χ3v) is 4.47. The minimum Gasteiger partial charge on any atom is -0.310 e. The minimum absolute atomic E-state index is 0.0862. The first-order valence-electron chi connectivity index (χ1n) is 8.07. The second-order valence-electron chi connectivity index (χ2n) is 5.92. The highest BCUT2D eigenvalue weighted by Gasteiger charge is 2.13. The van der Waals surface area contributed by atoms with Crippen LogP contribution in [0.1, 0.15) is 5.69 Å². The molecule has 0 unspecified atom stereocenters. The Hall–Kier alpha value is -2.84. The molecule has 0 fully saturated rings. The summed E-state index contributed by atoms with van der Waals surface area (Å²) in [5.74, 6) is 0.0637. The van der Waals surface area contributed by atoms with Crippen LogP contribution in [0.25, 0.3) is 10.2 Å². The lowest BCUT2D eigenvalue weighted by molar-refractivity contribution is -0.119. The summed E-state index contributed by atoms with van der Waals surface area (Å²) in [6.07, 6.45) is 0. The number of nitrogens with zero attached hydrogens (tertiary/aromatic N) is 3. The number of rotatable bonds is 6. The van der Waals surface area contributed by atoms with Gasteiger partial charge in [-0.2, -0.15) is 0 Å². The number of carbonyl (C=O) groups excluding carboxylic acids is 2. The van der Waals surface area contributed by atoms with Gasteiger partial charge in [0.25, 0.3) is 0 Å². The van der Waals surface area contributed by atoms with Crippen LogP contribution in [0, 0.1) is 6.92 Å². The maximum atomic E-state index is 12.2. The van der Waals surface area contributed by atoms with Gasteiger partial charge in [-0.15, -0.1) is 0 Å². The zero-order chi connectivity index (χ0) is 18.5. The first-order valence-corrected chi connectivity index (χ1v) is 8.89. The van der Waals surface area contributed by atoms with Crippen LogP contribution >= 0.6 is 11.3 Å². The molecule has 2 heterocycles. The molecule has 26 heavy (non-hydrogen) atoms. The zero-order valence-corrected chi connectivity index (χ0v) is 15.3.